The number of ketones is 1. The second-order valence-electron chi connectivity index (χ2n) is 17.0. The van der Waals surface area contributed by atoms with Crippen LogP contribution < -0.4 is 16.0 Å². The second kappa shape index (κ2) is 24.7. The van der Waals surface area contributed by atoms with Gasteiger partial charge in [-0.15, -0.1) is 23.2 Å². The van der Waals surface area contributed by atoms with Crippen molar-refractivity contribution < 1.29 is 43.2 Å². The van der Waals surface area contributed by atoms with Crippen LogP contribution in [0.2, 0.25) is 0 Å². The van der Waals surface area contributed by atoms with E-state index in [1.807, 2.05) is 112 Å². The fraction of sp³-hybridized carbons (Fsp3) is 0.511. The van der Waals surface area contributed by atoms with Crippen molar-refractivity contribution in [3.8, 4) is 0 Å². The van der Waals surface area contributed by atoms with E-state index in [2.05, 4.69) is 16.0 Å². The highest BCUT2D eigenvalue weighted by Gasteiger charge is 2.35. The van der Waals surface area contributed by atoms with Gasteiger partial charge in [0.05, 0.1) is 42.6 Å². The molecule has 1 heterocycles. The van der Waals surface area contributed by atoms with Crippen molar-refractivity contribution in [1.29, 1.82) is 0 Å². The number of aliphatic hydroxyl groups excluding tert-OH is 1. The van der Waals surface area contributed by atoms with Crippen molar-refractivity contribution >= 4 is 47.3 Å². The Morgan fingerprint density at radius 3 is 1.37 bits per heavy atom. The number of alkyl carbamates (subject to hydrolysis) is 3. The van der Waals surface area contributed by atoms with Crippen LogP contribution in [0.3, 0.4) is 0 Å². The Morgan fingerprint density at radius 2 is 1.00 bits per heavy atom. The standard InChI is InChI=1S/C15H22ClNO3.C15H20ClNO3.C15H21NO3/c2*1-15(2,3)20-14(19)17-12(13(18)10-16)9-11-7-5-4-6-8-11;1-15(2,3)19-14(17)16-12(13-10-18-13)9-11-7-5-4-6-8-11/h4-8,12-13,18H,9-10H2,1-3H3,(H,17,19);4-8,12H,9-10H2,1-3H3,(H,17,19);4-8,12-13H,9-10H2,1-3H3,(H,16,17)/t12-,13-;12-;12-,13-/m000/s1. The summed E-state index contributed by atoms with van der Waals surface area (Å²) in [6, 6.07) is 27.9. The minimum atomic E-state index is -0.829. The van der Waals surface area contributed by atoms with Crippen molar-refractivity contribution in [2.24, 2.45) is 0 Å². The lowest BCUT2D eigenvalue weighted by Crippen LogP contribution is -2.47. The molecule has 3 aromatic carbocycles. The smallest absolute Gasteiger partial charge is 0.408 e. The van der Waals surface area contributed by atoms with Crippen LogP contribution in [0.5, 0.6) is 0 Å². The molecule has 4 N–H and O–H groups in total. The topological polar surface area (TPSA) is 165 Å². The number of rotatable bonds is 14. The van der Waals surface area contributed by atoms with Gasteiger partial charge in [-0.25, -0.2) is 14.4 Å². The number of halogens is 2. The summed E-state index contributed by atoms with van der Waals surface area (Å²) < 4.78 is 20.9. The Bertz CT molecular complexity index is 1690. The molecule has 0 radical (unpaired) electrons. The first-order valence-electron chi connectivity index (χ1n) is 19.6. The SMILES string of the molecule is CC(C)(C)OC(=O)N[C@@H](Cc1ccccc1)C(=O)CCl.CC(C)(C)OC(=O)N[C@@H](Cc1ccccc1)[C@@H](O)CCl.CC(C)(C)OC(=O)N[C@@H](Cc1ccccc1)[C@@H]1CO1. The monoisotopic (exact) mass is 859 g/mol. The summed E-state index contributed by atoms with van der Waals surface area (Å²) >= 11 is 11.3. The summed E-state index contributed by atoms with van der Waals surface area (Å²) in [5.41, 5.74) is 1.48. The molecule has 1 aliphatic rings. The van der Waals surface area contributed by atoms with Gasteiger partial charge in [0.15, 0.2) is 5.78 Å². The molecule has 326 valence electrons. The maximum absolute atomic E-state index is 11.8. The molecule has 59 heavy (non-hydrogen) atoms. The number of epoxide rings is 1. The average Bonchev–Trinajstić information content (AvgIpc) is 3.99. The number of Topliss-reactive ketones (excluding diaryl/α,β-unsaturated/α-hetero) is 1. The number of aliphatic hydroxyl groups is 1. The highest BCUT2D eigenvalue weighted by atomic mass is 35.5. The lowest BCUT2D eigenvalue weighted by Gasteiger charge is -2.26. The van der Waals surface area contributed by atoms with Crippen LogP contribution in [0.25, 0.3) is 0 Å². The molecule has 12 nitrogen and oxygen atoms in total. The average molecular weight is 861 g/mol. The molecular formula is C45H63Cl2N3O9. The number of hydrogen-bond donors (Lipinski definition) is 4. The minimum Gasteiger partial charge on any atom is -0.444 e. The van der Waals surface area contributed by atoms with Crippen LogP contribution in [0.1, 0.15) is 79.0 Å². The molecule has 1 aliphatic heterocycles. The van der Waals surface area contributed by atoms with E-state index in [0.29, 0.717) is 19.4 Å². The largest absolute Gasteiger partial charge is 0.444 e. The van der Waals surface area contributed by atoms with E-state index in [0.717, 1.165) is 17.5 Å². The zero-order valence-corrected chi connectivity index (χ0v) is 37.3. The van der Waals surface area contributed by atoms with Gasteiger partial charge in [-0.1, -0.05) is 91.0 Å². The Hall–Kier alpha value is -4.36. The fourth-order valence-electron chi connectivity index (χ4n) is 5.25. The van der Waals surface area contributed by atoms with E-state index < -0.39 is 47.2 Å². The Kier molecular flexibility index (Phi) is 21.2. The first kappa shape index (κ1) is 50.8. The highest BCUT2D eigenvalue weighted by molar-refractivity contribution is 6.28. The number of nitrogens with one attached hydrogen (secondary N) is 3. The van der Waals surface area contributed by atoms with Crippen LogP contribution in [0, 0.1) is 0 Å². The maximum Gasteiger partial charge on any atom is 0.408 e. The van der Waals surface area contributed by atoms with E-state index in [4.69, 9.17) is 42.1 Å². The zero-order valence-electron chi connectivity index (χ0n) is 35.8. The Balaban J connectivity index is 0.000000305. The van der Waals surface area contributed by atoms with Gasteiger partial charge < -0.3 is 40.0 Å². The van der Waals surface area contributed by atoms with Crippen LogP contribution >= 0.6 is 23.2 Å². The number of hydrogen-bond acceptors (Lipinski definition) is 9. The van der Waals surface area contributed by atoms with Gasteiger partial charge in [0, 0.05) is 0 Å². The van der Waals surface area contributed by atoms with E-state index in [1.165, 1.54) is 5.56 Å². The number of amides is 3. The van der Waals surface area contributed by atoms with E-state index in [9.17, 15) is 24.3 Å². The molecule has 1 saturated heterocycles. The minimum absolute atomic E-state index is 0.0303. The first-order chi connectivity index (χ1) is 27.6. The molecular weight excluding hydrogens is 797 g/mol. The molecule has 3 aromatic rings. The zero-order chi connectivity index (χ0) is 44.2. The number of ether oxygens (including phenoxy) is 4. The molecule has 1 fully saturated rings. The third-order valence-electron chi connectivity index (χ3n) is 7.93. The van der Waals surface area contributed by atoms with Gasteiger partial charge in [0.1, 0.15) is 22.9 Å². The third-order valence-corrected chi connectivity index (χ3v) is 8.51. The van der Waals surface area contributed by atoms with Crippen molar-refractivity contribution in [2.75, 3.05) is 18.4 Å². The van der Waals surface area contributed by atoms with Gasteiger partial charge in [0.2, 0.25) is 0 Å². The van der Waals surface area contributed by atoms with Gasteiger partial charge in [0.25, 0.3) is 0 Å². The molecule has 0 bridgehead atoms. The molecule has 5 atom stereocenters. The van der Waals surface area contributed by atoms with Crippen LogP contribution in [0.4, 0.5) is 14.4 Å². The number of alkyl halides is 2. The lowest BCUT2D eigenvalue weighted by molar-refractivity contribution is -0.118. The summed E-state index contributed by atoms with van der Waals surface area (Å²) in [5, 5.41) is 18.1. The third kappa shape index (κ3) is 23.7. The normalized spacial score (nSPS) is 15.5. The molecule has 0 aromatic heterocycles. The van der Waals surface area contributed by atoms with Crippen molar-refractivity contribution in [1.82, 2.24) is 16.0 Å². The van der Waals surface area contributed by atoms with Crippen LogP contribution in [-0.2, 0) is 43.0 Å². The van der Waals surface area contributed by atoms with Crippen LogP contribution in [0.15, 0.2) is 91.0 Å². The predicted octanol–water partition coefficient (Wildman–Crippen LogP) is 8.17. The lowest BCUT2D eigenvalue weighted by atomic mass is 10.0. The summed E-state index contributed by atoms with van der Waals surface area (Å²) in [7, 11) is 0. The van der Waals surface area contributed by atoms with E-state index in [1.54, 1.807) is 41.5 Å². The fourth-order valence-corrected chi connectivity index (χ4v) is 5.65. The van der Waals surface area contributed by atoms with E-state index in [-0.39, 0.29) is 35.8 Å². The van der Waals surface area contributed by atoms with Gasteiger partial charge in [-0.3, -0.25) is 4.79 Å². The number of carbonyl (C=O) groups is 4. The van der Waals surface area contributed by atoms with Crippen molar-refractivity contribution in [3.63, 3.8) is 0 Å². The molecule has 0 aliphatic carbocycles. The van der Waals surface area contributed by atoms with Crippen molar-refractivity contribution in [2.45, 2.75) is 129 Å². The molecule has 14 heteroatoms. The quantitative estimate of drug-likeness (QED) is 0.0711. The number of carbonyl (C=O) groups excluding carboxylic acids is 4. The maximum atomic E-state index is 11.8. The predicted molar refractivity (Wildman–Crippen MR) is 232 cm³/mol. The van der Waals surface area contributed by atoms with Crippen LogP contribution in [-0.4, -0.2) is 94.7 Å². The second-order valence-corrected chi connectivity index (χ2v) is 17.5. The first-order valence-corrected chi connectivity index (χ1v) is 20.7. The summed E-state index contributed by atoms with van der Waals surface area (Å²) in [6.07, 6.45) is -0.634. The summed E-state index contributed by atoms with van der Waals surface area (Å²) in [4.78, 5) is 47.2. The Morgan fingerprint density at radius 1 is 0.627 bits per heavy atom. The number of benzene rings is 3. The molecule has 0 spiro atoms. The molecule has 3 amide bonds. The Labute approximate surface area is 360 Å². The van der Waals surface area contributed by atoms with E-state index >= 15 is 0 Å². The summed E-state index contributed by atoms with van der Waals surface area (Å²) in [6.45, 7) is 16.9. The van der Waals surface area contributed by atoms with Gasteiger partial charge >= 0.3 is 18.3 Å². The van der Waals surface area contributed by atoms with Crippen molar-refractivity contribution in [3.05, 3.63) is 108 Å². The molecule has 0 saturated carbocycles. The van der Waals surface area contributed by atoms with Gasteiger partial charge in [-0.2, -0.15) is 0 Å². The molecule has 0 unspecified atom stereocenters. The van der Waals surface area contributed by atoms with Gasteiger partial charge in [-0.05, 0) is 98.3 Å². The highest BCUT2D eigenvalue weighted by Crippen LogP contribution is 2.19. The summed E-state index contributed by atoms with van der Waals surface area (Å²) in [5.74, 6) is -0.331. The molecule has 4 rings (SSSR count).